The largest absolute Gasteiger partial charge is 0.468 e. The van der Waals surface area contributed by atoms with Crippen molar-refractivity contribution in [3.63, 3.8) is 0 Å². The van der Waals surface area contributed by atoms with Crippen LogP contribution in [0.3, 0.4) is 0 Å². The van der Waals surface area contributed by atoms with Gasteiger partial charge in [0.1, 0.15) is 0 Å². The van der Waals surface area contributed by atoms with Crippen LogP contribution < -0.4 is 0 Å². The number of esters is 4. The Morgan fingerprint density at radius 2 is 1.12 bits per heavy atom. The first-order chi connectivity index (χ1) is 15.0. The minimum absolute atomic E-state index is 0.0111. The Hall–Kier alpha value is -3.34. The van der Waals surface area contributed by atoms with E-state index in [0.29, 0.717) is 11.1 Å². The summed E-state index contributed by atoms with van der Waals surface area (Å²) < 4.78 is 19.2. The van der Waals surface area contributed by atoms with Gasteiger partial charge in [0.25, 0.3) is 0 Å². The van der Waals surface area contributed by atoms with Crippen molar-refractivity contribution in [2.75, 3.05) is 28.4 Å². The molecule has 8 nitrogen and oxygen atoms in total. The zero-order valence-electron chi connectivity index (χ0n) is 19.7. The highest BCUT2D eigenvalue weighted by atomic mass is 16.6. The van der Waals surface area contributed by atoms with Gasteiger partial charge in [-0.3, -0.25) is 19.2 Å². The molecular weight excluding hydrogens is 416 g/mol. The van der Waals surface area contributed by atoms with Gasteiger partial charge in [0.2, 0.25) is 0 Å². The van der Waals surface area contributed by atoms with Crippen molar-refractivity contribution in [3.8, 4) is 11.8 Å². The zero-order valence-corrected chi connectivity index (χ0v) is 19.7. The van der Waals surface area contributed by atoms with Crippen LogP contribution in [0.15, 0.2) is 36.5 Å². The quantitative estimate of drug-likeness (QED) is 0.156. The van der Waals surface area contributed by atoms with Crippen molar-refractivity contribution < 1.29 is 38.1 Å². The SMILES string of the molecule is C=C(C)CC(CC#C/C=C/CC(CC(=C)C)(C(=O)OC)C(=O)OC)(C(=O)OC)C(=O)OC. The van der Waals surface area contributed by atoms with Crippen molar-refractivity contribution in [2.45, 2.75) is 39.5 Å². The lowest BCUT2D eigenvalue weighted by Crippen LogP contribution is -2.41. The molecule has 0 aliphatic heterocycles. The fraction of sp³-hybridized carbons (Fsp3) is 0.500. The molecule has 0 fully saturated rings. The van der Waals surface area contributed by atoms with Gasteiger partial charge in [0.05, 0.1) is 28.4 Å². The van der Waals surface area contributed by atoms with Crippen LogP contribution in [-0.4, -0.2) is 52.3 Å². The molecule has 0 aromatic heterocycles. The van der Waals surface area contributed by atoms with E-state index in [-0.39, 0.29) is 25.7 Å². The van der Waals surface area contributed by atoms with E-state index < -0.39 is 34.7 Å². The smallest absolute Gasteiger partial charge is 0.324 e. The van der Waals surface area contributed by atoms with E-state index in [0.717, 1.165) is 0 Å². The van der Waals surface area contributed by atoms with E-state index in [2.05, 4.69) is 25.0 Å². The van der Waals surface area contributed by atoms with Gasteiger partial charge in [0, 0.05) is 6.42 Å². The monoisotopic (exact) mass is 448 g/mol. The molecule has 0 unspecified atom stereocenters. The van der Waals surface area contributed by atoms with Gasteiger partial charge < -0.3 is 18.9 Å². The number of carbonyl (C=O) groups is 4. The van der Waals surface area contributed by atoms with Crippen molar-refractivity contribution in [1.82, 2.24) is 0 Å². The lowest BCUT2D eigenvalue weighted by molar-refractivity contribution is -0.170. The molecule has 0 rings (SSSR count). The number of hydrogen-bond acceptors (Lipinski definition) is 8. The molecule has 8 heteroatoms. The molecular formula is C24H32O8. The second-order valence-corrected chi connectivity index (χ2v) is 7.50. The number of allylic oxidation sites excluding steroid dienone is 4. The molecule has 0 bridgehead atoms. The number of carbonyl (C=O) groups excluding carboxylic acids is 4. The van der Waals surface area contributed by atoms with Crippen LogP contribution in [0, 0.1) is 22.7 Å². The van der Waals surface area contributed by atoms with Gasteiger partial charge in [-0.2, -0.15) is 0 Å². The average Bonchev–Trinajstić information content (AvgIpc) is 2.76. The lowest BCUT2D eigenvalue weighted by Gasteiger charge is -2.27. The van der Waals surface area contributed by atoms with E-state index in [1.54, 1.807) is 13.8 Å². The van der Waals surface area contributed by atoms with Gasteiger partial charge in [0.15, 0.2) is 10.8 Å². The molecule has 0 saturated heterocycles. The molecule has 0 saturated carbocycles. The molecule has 0 heterocycles. The minimum Gasteiger partial charge on any atom is -0.468 e. The minimum atomic E-state index is -1.64. The van der Waals surface area contributed by atoms with Crippen LogP contribution in [0.25, 0.3) is 0 Å². The summed E-state index contributed by atoms with van der Waals surface area (Å²) in [5, 5.41) is 0. The van der Waals surface area contributed by atoms with E-state index in [9.17, 15) is 19.2 Å². The molecule has 0 atom stereocenters. The summed E-state index contributed by atoms with van der Waals surface area (Å²) in [6.45, 7) is 10.9. The van der Waals surface area contributed by atoms with Crippen molar-refractivity contribution in [3.05, 3.63) is 36.5 Å². The second-order valence-electron chi connectivity index (χ2n) is 7.50. The van der Waals surface area contributed by atoms with Crippen LogP contribution in [0.2, 0.25) is 0 Å². The van der Waals surface area contributed by atoms with Gasteiger partial charge >= 0.3 is 23.9 Å². The molecule has 0 aromatic carbocycles. The maximum atomic E-state index is 12.4. The third-order valence-electron chi connectivity index (χ3n) is 4.67. The summed E-state index contributed by atoms with van der Waals surface area (Å²) in [5.41, 5.74) is -2.05. The standard InChI is InChI=1S/C24H32O8/c1-17(2)15-23(19(25)29-5,20(26)30-6)13-11-9-10-12-14-24(16-18(3)4,21(27)31-7)22(28)32-8/h9,11H,1,3,13-16H2,2,4-8H3/b11-9+. The molecule has 32 heavy (non-hydrogen) atoms. The molecule has 0 N–H and O–H groups in total. The predicted octanol–water partition coefficient (Wildman–Crippen LogP) is 2.92. The Labute approximate surface area is 189 Å². The molecule has 0 aliphatic rings. The molecule has 0 aromatic rings. The van der Waals surface area contributed by atoms with Gasteiger partial charge in [-0.25, -0.2) is 0 Å². The fourth-order valence-corrected chi connectivity index (χ4v) is 3.29. The van der Waals surface area contributed by atoms with E-state index in [4.69, 9.17) is 18.9 Å². The fourth-order valence-electron chi connectivity index (χ4n) is 3.29. The first-order valence-electron chi connectivity index (χ1n) is 9.73. The van der Waals surface area contributed by atoms with Gasteiger partial charge in [-0.05, 0) is 39.2 Å². The first kappa shape index (κ1) is 28.7. The molecule has 176 valence electrons. The van der Waals surface area contributed by atoms with Crippen LogP contribution in [0.5, 0.6) is 0 Å². The molecule has 0 radical (unpaired) electrons. The zero-order chi connectivity index (χ0) is 24.9. The Kier molecular flexibility index (Phi) is 11.8. The number of rotatable bonds is 11. The lowest BCUT2D eigenvalue weighted by atomic mass is 9.78. The number of hydrogen-bond donors (Lipinski definition) is 0. The Balaban J connectivity index is 5.85. The van der Waals surface area contributed by atoms with E-state index in [1.165, 1.54) is 40.6 Å². The summed E-state index contributed by atoms with van der Waals surface area (Å²) in [6.07, 6.45) is 2.76. The Morgan fingerprint density at radius 3 is 1.50 bits per heavy atom. The molecule has 0 aliphatic carbocycles. The molecule has 0 spiro atoms. The first-order valence-corrected chi connectivity index (χ1v) is 9.73. The third kappa shape index (κ3) is 7.12. The molecule has 0 amide bonds. The summed E-state index contributed by atoms with van der Waals surface area (Å²) in [5.74, 6) is 2.41. The maximum Gasteiger partial charge on any atom is 0.324 e. The topological polar surface area (TPSA) is 105 Å². The third-order valence-corrected chi connectivity index (χ3v) is 4.67. The number of methoxy groups -OCH3 is 4. The summed E-state index contributed by atoms with van der Waals surface area (Å²) in [7, 11) is 4.71. The highest BCUT2D eigenvalue weighted by Gasteiger charge is 2.48. The summed E-state index contributed by atoms with van der Waals surface area (Å²) in [6, 6.07) is 0. The van der Waals surface area contributed by atoms with Crippen LogP contribution in [0.1, 0.15) is 39.5 Å². The highest BCUT2D eigenvalue weighted by Crippen LogP contribution is 2.34. The average molecular weight is 449 g/mol. The second kappa shape index (κ2) is 13.2. The maximum absolute atomic E-state index is 12.4. The Bertz CT molecular complexity index is 806. The normalized spacial score (nSPS) is 11.1. The van der Waals surface area contributed by atoms with Crippen LogP contribution >= 0.6 is 0 Å². The number of ether oxygens (including phenoxy) is 4. The summed E-state index contributed by atoms with van der Waals surface area (Å²) >= 11 is 0. The van der Waals surface area contributed by atoms with Gasteiger partial charge in [-0.15, -0.1) is 13.2 Å². The van der Waals surface area contributed by atoms with E-state index in [1.807, 2.05) is 0 Å². The van der Waals surface area contributed by atoms with Crippen LogP contribution in [-0.2, 0) is 38.1 Å². The Morgan fingerprint density at radius 1 is 0.750 bits per heavy atom. The van der Waals surface area contributed by atoms with Crippen molar-refractivity contribution in [2.24, 2.45) is 10.8 Å². The van der Waals surface area contributed by atoms with E-state index >= 15 is 0 Å². The van der Waals surface area contributed by atoms with Gasteiger partial charge in [-0.1, -0.05) is 29.1 Å². The highest BCUT2D eigenvalue weighted by molar-refractivity contribution is 6.01. The summed E-state index contributed by atoms with van der Waals surface area (Å²) in [4.78, 5) is 49.5. The van der Waals surface area contributed by atoms with Crippen LogP contribution in [0.4, 0.5) is 0 Å². The van der Waals surface area contributed by atoms with Crippen molar-refractivity contribution >= 4 is 23.9 Å². The van der Waals surface area contributed by atoms with Crippen molar-refractivity contribution in [1.29, 1.82) is 0 Å². The predicted molar refractivity (Wildman–Crippen MR) is 118 cm³/mol.